The number of rotatable bonds is 6. The van der Waals surface area contributed by atoms with Crippen LogP contribution in [0.3, 0.4) is 0 Å². The molecule has 2 N–H and O–H groups in total. The first-order chi connectivity index (χ1) is 10.9. The number of phenols is 2. The van der Waals surface area contributed by atoms with Gasteiger partial charge in [-0.25, -0.2) is 0 Å². The fraction of sp³-hybridized carbons (Fsp3) is 0.619. The highest BCUT2D eigenvalue weighted by Crippen LogP contribution is 2.49. The maximum absolute atomic E-state index is 10.6. The number of aromatic hydroxyl groups is 2. The largest absolute Gasteiger partial charge is 0.508 e. The zero-order chi connectivity index (χ0) is 17.0. The highest BCUT2D eigenvalue weighted by atomic mass is 16.3. The second-order valence-corrected chi connectivity index (χ2v) is 7.48. The van der Waals surface area contributed by atoms with Gasteiger partial charge in [-0.05, 0) is 68.1 Å². The minimum absolute atomic E-state index is 0.181. The highest BCUT2D eigenvalue weighted by molar-refractivity contribution is 5.49. The van der Waals surface area contributed by atoms with E-state index in [1.54, 1.807) is 0 Å². The monoisotopic (exact) mass is 316 g/mol. The van der Waals surface area contributed by atoms with Gasteiger partial charge in [-0.15, -0.1) is 0 Å². The van der Waals surface area contributed by atoms with Crippen LogP contribution >= 0.6 is 0 Å². The Morgan fingerprint density at radius 1 is 1.17 bits per heavy atom. The molecule has 0 aliphatic heterocycles. The lowest BCUT2D eigenvalue weighted by Gasteiger charge is -2.36. The quantitative estimate of drug-likeness (QED) is 0.504. The van der Waals surface area contributed by atoms with Gasteiger partial charge in [0, 0.05) is 5.56 Å². The van der Waals surface area contributed by atoms with Crippen molar-refractivity contribution < 1.29 is 10.2 Å². The zero-order valence-corrected chi connectivity index (χ0v) is 14.9. The first kappa shape index (κ1) is 17.9. The molecule has 1 aromatic rings. The van der Waals surface area contributed by atoms with Gasteiger partial charge in [-0.2, -0.15) is 0 Å². The van der Waals surface area contributed by atoms with Crippen LogP contribution in [0, 0.1) is 11.8 Å². The van der Waals surface area contributed by atoms with Gasteiger partial charge in [0.1, 0.15) is 11.5 Å². The third-order valence-corrected chi connectivity index (χ3v) is 5.38. The van der Waals surface area contributed by atoms with Crippen molar-refractivity contribution in [1.29, 1.82) is 0 Å². The minimum atomic E-state index is 0.181. The first-order valence-electron chi connectivity index (χ1n) is 9.14. The van der Waals surface area contributed by atoms with Crippen LogP contribution in [0.25, 0.3) is 0 Å². The van der Waals surface area contributed by atoms with Crippen molar-refractivity contribution in [3.63, 3.8) is 0 Å². The molecule has 1 fully saturated rings. The molecule has 0 saturated heterocycles. The molecule has 1 aliphatic rings. The number of hydrogen-bond donors (Lipinski definition) is 2. The summed E-state index contributed by atoms with van der Waals surface area (Å²) in [5.74, 6) is 1.69. The van der Waals surface area contributed by atoms with Gasteiger partial charge in [0.25, 0.3) is 0 Å². The van der Waals surface area contributed by atoms with Crippen molar-refractivity contribution in [3.05, 3.63) is 35.4 Å². The number of aryl methyl sites for hydroxylation is 1. The van der Waals surface area contributed by atoms with Crippen LogP contribution in [0.5, 0.6) is 11.5 Å². The van der Waals surface area contributed by atoms with Crippen LogP contribution in [0.1, 0.15) is 76.3 Å². The van der Waals surface area contributed by atoms with E-state index >= 15 is 0 Å². The average Bonchev–Trinajstić information content (AvgIpc) is 2.46. The lowest BCUT2D eigenvalue weighted by Crippen LogP contribution is -2.23. The molecular weight excluding hydrogens is 284 g/mol. The molecule has 0 spiro atoms. The van der Waals surface area contributed by atoms with Crippen molar-refractivity contribution in [2.45, 2.75) is 71.6 Å². The Hall–Kier alpha value is -1.44. The van der Waals surface area contributed by atoms with Crippen molar-refractivity contribution in [3.8, 4) is 11.5 Å². The van der Waals surface area contributed by atoms with E-state index in [9.17, 15) is 10.2 Å². The molecular formula is C21H32O2. The first-order valence-corrected chi connectivity index (χ1v) is 9.14. The number of allylic oxidation sites excluding steroid dienone is 1. The van der Waals surface area contributed by atoms with E-state index in [0.717, 1.165) is 42.4 Å². The average molecular weight is 316 g/mol. The standard InChI is InChI=1S/C21H32O2/c1-5-6-7-8-16-12-19(22)21(20(23)13-16)18-11-15(4)9-10-17(18)14(2)3/h12-13,15,17-18,22-23H,2,5-11H2,1,3-4H3/t15-,17-,18-/m1/s1. The van der Waals surface area contributed by atoms with Crippen molar-refractivity contribution in [2.75, 3.05) is 0 Å². The Balaban J connectivity index is 2.28. The minimum Gasteiger partial charge on any atom is -0.508 e. The number of hydrogen-bond acceptors (Lipinski definition) is 2. The number of unbranched alkanes of at least 4 members (excludes halogenated alkanes) is 2. The van der Waals surface area contributed by atoms with E-state index in [1.165, 1.54) is 19.3 Å². The SMILES string of the molecule is C=C(C)[C@H]1CC[C@@H](C)C[C@H]1c1c(O)cc(CCCCC)cc1O. The van der Waals surface area contributed by atoms with Crippen LogP contribution in [0.4, 0.5) is 0 Å². The third kappa shape index (κ3) is 4.31. The molecule has 0 unspecified atom stereocenters. The van der Waals surface area contributed by atoms with E-state index in [0.29, 0.717) is 11.8 Å². The normalized spacial score (nSPS) is 24.6. The Bertz CT molecular complexity index is 524. The Kier molecular flexibility index (Phi) is 6.15. The van der Waals surface area contributed by atoms with Crippen LogP contribution in [0.2, 0.25) is 0 Å². The lowest BCUT2D eigenvalue weighted by atomic mass is 9.69. The highest BCUT2D eigenvalue weighted by Gasteiger charge is 2.33. The summed E-state index contributed by atoms with van der Waals surface area (Å²) in [5, 5.41) is 21.2. The predicted octanol–water partition coefficient (Wildman–Crippen LogP) is 5.93. The second-order valence-electron chi connectivity index (χ2n) is 7.48. The van der Waals surface area contributed by atoms with Crippen LogP contribution in [0.15, 0.2) is 24.3 Å². The molecule has 2 heteroatoms. The fourth-order valence-electron chi connectivity index (χ4n) is 4.07. The van der Waals surface area contributed by atoms with Gasteiger partial charge in [-0.1, -0.05) is 45.3 Å². The van der Waals surface area contributed by atoms with Gasteiger partial charge >= 0.3 is 0 Å². The van der Waals surface area contributed by atoms with E-state index in [1.807, 2.05) is 12.1 Å². The summed E-state index contributed by atoms with van der Waals surface area (Å²) in [7, 11) is 0. The number of phenolic OH excluding ortho intramolecular Hbond substituents is 2. The summed E-state index contributed by atoms with van der Waals surface area (Å²) in [4.78, 5) is 0. The fourth-order valence-corrected chi connectivity index (χ4v) is 4.07. The molecule has 0 aromatic heterocycles. The lowest BCUT2D eigenvalue weighted by molar-refractivity contribution is 0.267. The molecule has 0 radical (unpaired) electrons. The zero-order valence-electron chi connectivity index (χ0n) is 14.9. The summed E-state index contributed by atoms with van der Waals surface area (Å²) < 4.78 is 0. The summed E-state index contributed by atoms with van der Waals surface area (Å²) in [6.07, 6.45) is 7.68. The van der Waals surface area contributed by atoms with E-state index in [4.69, 9.17) is 0 Å². The summed E-state index contributed by atoms with van der Waals surface area (Å²) in [5.41, 5.74) is 2.93. The van der Waals surface area contributed by atoms with E-state index in [-0.39, 0.29) is 17.4 Å². The molecule has 1 aromatic carbocycles. The molecule has 0 amide bonds. The summed E-state index contributed by atoms with van der Waals surface area (Å²) in [6, 6.07) is 3.72. The molecule has 0 heterocycles. The summed E-state index contributed by atoms with van der Waals surface area (Å²) >= 11 is 0. The van der Waals surface area contributed by atoms with Gasteiger partial charge in [0.05, 0.1) is 0 Å². The molecule has 2 rings (SSSR count). The molecule has 3 atom stereocenters. The Morgan fingerprint density at radius 2 is 1.83 bits per heavy atom. The van der Waals surface area contributed by atoms with E-state index in [2.05, 4.69) is 27.4 Å². The van der Waals surface area contributed by atoms with Crippen molar-refractivity contribution in [2.24, 2.45) is 11.8 Å². The topological polar surface area (TPSA) is 40.5 Å². The van der Waals surface area contributed by atoms with Gasteiger partial charge < -0.3 is 10.2 Å². The van der Waals surface area contributed by atoms with Gasteiger partial charge in [-0.3, -0.25) is 0 Å². The molecule has 1 aliphatic carbocycles. The van der Waals surface area contributed by atoms with E-state index < -0.39 is 0 Å². The Labute approximate surface area is 141 Å². The molecule has 2 nitrogen and oxygen atoms in total. The maximum atomic E-state index is 10.6. The molecule has 0 bridgehead atoms. The smallest absolute Gasteiger partial charge is 0.123 e. The van der Waals surface area contributed by atoms with Gasteiger partial charge in [0.15, 0.2) is 0 Å². The number of benzene rings is 1. The van der Waals surface area contributed by atoms with Crippen LogP contribution in [-0.2, 0) is 6.42 Å². The van der Waals surface area contributed by atoms with Crippen LogP contribution < -0.4 is 0 Å². The van der Waals surface area contributed by atoms with Crippen molar-refractivity contribution in [1.82, 2.24) is 0 Å². The molecule has 23 heavy (non-hydrogen) atoms. The van der Waals surface area contributed by atoms with Crippen LogP contribution in [-0.4, -0.2) is 10.2 Å². The maximum Gasteiger partial charge on any atom is 0.123 e. The van der Waals surface area contributed by atoms with Crippen molar-refractivity contribution >= 4 is 0 Å². The Morgan fingerprint density at radius 3 is 2.39 bits per heavy atom. The third-order valence-electron chi connectivity index (χ3n) is 5.38. The van der Waals surface area contributed by atoms with Gasteiger partial charge in [0.2, 0.25) is 0 Å². The predicted molar refractivity (Wildman–Crippen MR) is 97.1 cm³/mol. The second kappa shape index (κ2) is 7.90. The molecule has 128 valence electrons. The summed E-state index contributed by atoms with van der Waals surface area (Å²) in [6.45, 7) is 10.7. The molecule has 1 saturated carbocycles.